The number of carbonyl (C=O) groups excluding carboxylic acids is 1. The largest absolute Gasteiger partial charge is 0.497 e. The van der Waals surface area contributed by atoms with Crippen LogP contribution in [0.4, 0.5) is 44.6 Å². The van der Waals surface area contributed by atoms with Crippen LogP contribution in [0, 0.1) is 23.1 Å². The Bertz CT molecular complexity index is 7100. The van der Waals surface area contributed by atoms with Crippen LogP contribution in [-0.4, -0.2) is 153 Å². The number of nitrogens with one attached hydrogen (secondary N) is 4. The second-order valence-corrected chi connectivity index (χ2v) is 37.1. The van der Waals surface area contributed by atoms with E-state index in [-0.39, 0.29) is 17.9 Å². The molecular weight excluding hydrogens is 1770 g/mol. The average Bonchev–Trinajstić information content (AvgIpc) is 1.63. The zero-order chi connectivity index (χ0) is 96.0. The molecule has 5 saturated carbocycles. The molecule has 32 heteroatoms. The number of rotatable bonds is 24. The van der Waals surface area contributed by atoms with E-state index in [9.17, 15) is 19.6 Å². The standard InChI is InChI=1S/C35H43N5O3.C22H27N5.C20H13FN4O.C18H21N5O2.C12H9ClN4O/c1-35(2,3)43-33(41)20-24-10-16-27(17-11-24)37-32-21-30(34-36-22-31(26-14-15-26)40(34)38-32)39(28-8-6-5-7-9-28)23-25-12-18-29(42-4)19-13-25;23-16-8-10-18(11-9-16)25-22-14-19(24-17-4-2-1-3-5-17)21-13-12-20(15-6-7-15)27(21)26-22;1-26-20-19-24-12-18(25(19)9-8-23-20)13-6-7-17(21)16(10-13)15-5-3-2-4-14(15)11-22;1-25-16-10-17(21-13-2-4-14(24)5-3-13)22-23-15(11-20-18(16)23)12-6-8-19-9-7-12;1-18-10-6-11(13)16-17-9(7-15-12(10)17)8-2-4-14-5-3-8/h5-9,12-13,18-19,21-22,24,26-27H,10-11,14-17,20,23H2,1-4H3,(H,37,38);1-5,12-16,18,24H,6-11,23H2,(H,25,26);2-10,12H,1H3;6-11,13-14,24H,2-5H2,1H3,(H,21,22);2-7H,1H3. The fraction of sp³-hybridized carbons (Fsp3) is 0.318. The van der Waals surface area contributed by atoms with Gasteiger partial charge in [-0.15, -0.1) is 10.2 Å². The lowest BCUT2D eigenvalue weighted by molar-refractivity contribution is -0.156. The maximum atomic E-state index is 14.5. The molecule has 139 heavy (non-hydrogen) atoms. The number of nitriles is 1. The summed E-state index contributed by atoms with van der Waals surface area (Å²) in [6.45, 7) is 6.45. The van der Waals surface area contributed by atoms with Crippen molar-refractivity contribution in [2.24, 2.45) is 11.7 Å². The fourth-order valence-electron chi connectivity index (χ4n) is 18.2. The number of carbonyl (C=O) groups is 1. The Balaban J connectivity index is 0.000000119. The topological polar surface area (TPSA) is 348 Å². The molecule has 0 saturated heterocycles. The van der Waals surface area contributed by atoms with Crippen molar-refractivity contribution in [3.63, 3.8) is 0 Å². The lowest BCUT2D eigenvalue weighted by atomic mass is 9.84. The molecule has 5 fully saturated rings. The van der Waals surface area contributed by atoms with E-state index in [0.717, 1.165) is 168 Å². The molecule has 5 aliphatic carbocycles. The number of esters is 1. The Hall–Kier alpha value is -15.1. The molecule has 5 aliphatic rings. The van der Waals surface area contributed by atoms with Gasteiger partial charge in [0.25, 0.3) is 5.88 Å². The van der Waals surface area contributed by atoms with Crippen molar-refractivity contribution in [3.8, 4) is 74.1 Å². The van der Waals surface area contributed by atoms with Crippen LogP contribution in [-0.2, 0) is 16.1 Å². The molecule has 5 aromatic carbocycles. The van der Waals surface area contributed by atoms with Crippen molar-refractivity contribution in [3.05, 3.63) is 284 Å². The molecule has 0 radical (unpaired) electrons. The van der Waals surface area contributed by atoms with Crippen LogP contribution >= 0.6 is 11.6 Å². The Kier molecular flexibility index (Phi) is 29.2. The summed E-state index contributed by atoms with van der Waals surface area (Å²) in [6.07, 6.45) is 34.7. The summed E-state index contributed by atoms with van der Waals surface area (Å²) >= 11 is 5.97. The van der Waals surface area contributed by atoms with Crippen LogP contribution in [0.2, 0.25) is 5.15 Å². The SMILES string of the molecule is COc1cc(Cl)nn2c(-c3ccncc3)cnc12.COc1cc(NC2CCC(O)CC2)nn2c(-c3ccncc3)cnc12.COc1ccc(CN(c2ccccc2)c2cc(NC3CCC(CC(=O)OC(C)(C)C)CC3)nn3c(C4CC4)cnc23)cc1.COc1nccn2c(-c3ccc(F)c(-c4ccccc4C#N)c3)cnc12.NC1CCC(Nc2cc(Nc3ccccc3)c3ccc(C4CC4)n3n2)CC1. The molecule has 0 atom stereocenters. The molecule has 12 heterocycles. The molecule has 17 aromatic rings. The van der Waals surface area contributed by atoms with Gasteiger partial charge < -0.3 is 60.7 Å². The summed E-state index contributed by atoms with van der Waals surface area (Å²) in [6, 6.07) is 64.2. The minimum absolute atomic E-state index is 0.0914. The van der Waals surface area contributed by atoms with E-state index >= 15 is 0 Å². The van der Waals surface area contributed by atoms with Crippen molar-refractivity contribution in [2.75, 3.05) is 54.6 Å². The first kappa shape index (κ1) is 94.2. The molecule has 0 amide bonds. The molecule has 22 rings (SSSR count). The maximum Gasteiger partial charge on any atom is 0.306 e. The van der Waals surface area contributed by atoms with Gasteiger partial charge >= 0.3 is 5.97 Å². The minimum Gasteiger partial charge on any atom is -0.497 e. The van der Waals surface area contributed by atoms with E-state index < -0.39 is 5.60 Å². The zero-order valence-electron chi connectivity index (χ0n) is 78.8. The molecule has 0 unspecified atom stereocenters. The Morgan fingerprint density at radius 1 is 0.525 bits per heavy atom. The smallest absolute Gasteiger partial charge is 0.306 e. The third kappa shape index (κ3) is 22.8. The third-order valence-corrected chi connectivity index (χ3v) is 25.9. The number of nitrogens with two attached hydrogens (primary N) is 1. The number of ether oxygens (including phenoxy) is 5. The molecule has 0 bridgehead atoms. The number of pyridine rings is 2. The first-order chi connectivity index (χ1) is 67.8. The zero-order valence-corrected chi connectivity index (χ0v) is 79.6. The van der Waals surface area contributed by atoms with Gasteiger partial charge in [0, 0.05) is 155 Å². The number of nitrogens with zero attached hydrogens (tertiary/aromatic N) is 18. The first-order valence-corrected chi connectivity index (χ1v) is 47.8. The summed E-state index contributed by atoms with van der Waals surface area (Å²) < 4.78 is 50.9. The predicted molar refractivity (Wildman–Crippen MR) is 538 cm³/mol. The third-order valence-electron chi connectivity index (χ3n) is 25.7. The number of benzene rings is 5. The number of halogens is 2. The molecule has 30 nitrogen and oxygen atoms in total. The number of para-hydroxylation sites is 2. The van der Waals surface area contributed by atoms with Gasteiger partial charge in [0.05, 0.1) is 111 Å². The molecule has 712 valence electrons. The van der Waals surface area contributed by atoms with Crippen LogP contribution in [0.15, 0.2) is 250 Å². The van der Waals surface area contributed by atoms with Crippen LogP contribution in [0.25, 0.3) is 73.0 Å². The minimum atomic E-state index is -0.439. The van der Waals surface area contributed by atoms with Crippen molar-refractivity contribution >= 4 is 85.9 Å². The number of aliphatic hydroxyl groups is 1. The quantitative estimate of drug-likeness (QED) is 0.0306. The first-order valence-electron chi connectivity index (χ1n) is 47.4. The van der Waals surface area contributed by atoms with E-state index in [0.29, 0.717) is 111 Å². The van der Waals surface area contributed by atoms with E-state index in [4.69, 9.17) is 61.3 Å². The molecule has 0 aliphatic heterocycles. The lowest BCUT2D eigenvalue weighted by Crippen LogP contribution is -2.33. The van der Waals surface area contributed by atoms with Gasteiger partial charge in [-0.2, -0.15) is 15.5 Å². The Morgan fingerprint density at radius 2 is 1.09 bits per heavy atom. The monoisotopic (exact) mass is 1890 g/mol. The summed E-state index contributed by atoms with van der Waals surface area (Å²) in [5.41, 5.74) is 24.1. The van der Waals surface area contributed by atoms with Gasteiger partial charge in [-0.1, -0.05) is 78.3 Å². The summed E-state index contributed by atoms with van der Waals surface area (Å²) in [4.78, 5) is 44.9. The molecule has 7 N–H and O–H groups in total. The highest BCUT2D eigenvalue weighted by Gasteiger charge is 2.33. The number of hydrogen-bond donors (Lipinski definition) is 6. The van der Waals surface area contributed by atoms with Gasteiger partial charge in [0.2, 0.25) is 5.65 Å². The highest BCUT2D eigenvalue weighted by Crippen LogP contribution is 2.45. The molecule has 12 aromatic heterocycles. The van der Waals surface area contributed by atoms with E-state index in [1.165, 1.54) is 55.8 Å². The highest BCUT2D eigenvalue weighted by atomic mass is 35.5. The van der Waals surface area contributed by atoms with Crippen LogP contribution in [0.5, 0.6) is 23.1 Å². The number of anilines is 7. The van der Waals surface area contributed by atoms with Crippen LogP contribution < -0.4 is 50.8 Å². The number of aliphatic hydroxyl groups excluding tert-OH is 1. The number of hydrogen-bond acceptors (Lipinski definition) is 25. The summed E-state index contributed by atoms with van der Waals surface area (Å²) in [7, 11) is 6.44. The lowest BCUT2D eigenvalue weighted by Gasteiger charge is -2.30. The van der Waals surface area contributed by atoms with Gasteiger partial charge in [0.15, 0.2) is 39.4 Å². The summed E-state index contributed by atoms with van der Waals surface area (Å²) in [5, 5.41) is 52.8. The predicted octanol–water partition coefficient (Wildman–Crippen LogP) is 21.3. The maximum absolute atomic E-state index is 14.5. The normalized spacial score (nSPS) is 17.3. The number of imidazole rings is 4. The van der Waals surface area contributed by atoms with Crippen molar-refractivity contribution in [1.29, 1.82) is 5.26 Å². The second kappa shape index (κ2) is 43.1. The molecule has 0 spiro atoms. The van der Waals surface area contributed by atoms with Gasteiger partial charge in [-0.3, -0.25) is 19.2 Å². The highest BCUT2D eigenvalue weighted by molar-refractivity contribution is 6.29. The van der Waals surface area contributed by atoms with Crippen LogP contribution in [0.3, 0.4) is 0 Å². The fourth-order valence-corrected chi connectivity index (χ4v) is 18.4. The van der Waals surface area contributed by atoms with Gasteiger partial charge in [-0.25, -0.2) is 47.4 Å². The van der Waals surface area contributed by atoms with Gasteiger partial charge in [-0.05, 0) is 232 Å². The van der Waals surface area contributed by atoms with Gasteiger partial charge in [0.1, 0.15) is 28.8 Å². The van der Waals surface area contributed by atoms with Crippen molar-refractivity contribution < 1.29 is 38.0 Å². The Morgan fingerprint density at radius 3 is 1.71 bits per heavy atom. The average molecular weight is 1890 g/mol. The van der Waals surface area contributed by atoms with E-state index in [2.05, 4.69) is 161 Å². The number of aromatic nitrogens is 16. The van der Waals surface area contributed by atoms with Crippen LogP contribution in [0.1, 0.15) is 164 Å². The summed E-state index contributed by atoms with van der Waals surface area (Å²) in [5.74, 6) is 6.14. The number of fused-ring (bicyclic) bond motifs is 5. The van der Waals surface area contributed by atoms with E-state index in [1.807, 2.05) is 86.0 Å². The van der Waals surface area contributed by atoms with E-state index in [1.54, 1.807) is 129 Å². The van der Waals surface area contributed by atoms with Crippen molar-refractivity contribution in [2.45, 2.75) is 184 Å². The number of methoxy groups -OCH3 is 4. The van der Waals surface area contributed by atoms with Crippen molar-refractivity contribution in [1.82, 2.24) is 77.7 Å². The molecular formula is C107H113ClFN23O7. The Labute approximate surface area is 810 Å². The second-order valence-electron chi connectivity index (χ2n) is 36.7.